The smallest absolute Gasteiger partial charge is 0.255 e. The van der Waals surface area contributed by atoms with Crippen molar-refractivity contribution >= 4 is 17.5 Å². The highest BCUT2D eigenvalue weighted by Crippen LogP contribution is 2.24. The van der Waals surface area contributed by atoms with Crippen molar-refractivity contribution in [2.75, 3.05) is 7.11 Å². The maximum atomic E-state index is 12.7. The lowest BCUT2D eigenvalue weighted by atomic mass is 10.1. The zero-order valence-electron chi connectivity index (χ0n) is 13.9. The molecule has 1 heterocycles. The lowest BCUT2D eigenvalue weighted by Gasteiger charge is -2.15. The molecular weight excluding hydrogens is 338 g/mol. The molecule has 2 N–H and O–H groups in total. The van der Waals surface area contributed by atoms with Crippen LogP contribution in [0.4, 0.5) is 0 Å². The number of nitrogens with zero attached hydrogens (tertiary/aromatic N) is 1. The van der Waals surface area contributed by atoms with Gasteiger partial charge in [-0.1, -0.05) is 35.9 Å². The number of carbonyl (C=O) groups is 1. The zero-order valence-corrected chi connectivity index (χ0v) is 14.7. The van der Waals surface area contributed by atoms with Crippen molar-refractivity contribution in [3.05, 3.63) is 70.9 Å². The lowest BCUT2D eigenvalue weighted by Crippen LogP contribution is -2.26. The molecule has 1 amide bonds. The van der Waals surface area contributed by atoms with Gasteiger partial charge in [0.1, 0.15) is 5.75 Å². The molecule has 1 aromatic heterocycles. The van der Waals surface area contributed by atoms with Gasteiger partial charge in [0.25, 0.3) is 5.91 Å². The predicted molar refractivity (Wildman–Crippen MR) is 97.9 cm³/mol. The van der Waals surface area contributed by atoms with Gasteiger partial charge in [-0.25, -0.2) is 0 Å². The van der Waals surface area contributed by atoms with Gasteiger partial charge in [-0.2, -0.15) is 5.10 Å². The molecule has 3 rings (SSSR count). The van der Waals surface area contributed by atoms with E-state index < -0.39 is 0 Å². The minimum atomic E-state index is -0.200. The average molecular weight is 356 g/mol. The molecule has 0 radical (unpaired) electrons. The molecule has 6 heteroatoms. The molecule has 0 saturated heterocycles. The monoisotopic (exact) mass is 355 g/mol. The van der Waals surface area contributed by atoms with Crippen LogP contribution in [0.5, 0.6) is 5.75 Å². The van der Waals surface area contributed by atoms with Crippen molar-refractivity contribution < 1.29 is 9.53 Å². The molecule has 0 aliphatic heterocycles. The number of benzene rings is 2. The molecular formula is C19H18ClN3O2. The quantitative estimate of drug-likeness (QED) is 0.719. The number of aromatic amines is 1. The van der Waals surface area contributed by atoms with Crippen LogP contribution in [0.15, 0.2) is 54.7 Å². The van der Waals surface area contributed by atoms with E-state index in [1.54, 1.807) is 19.2 Å². The van der Waals surface area contributed by atoms with Crippen LogP contribution >= 0.6 is 11.6 Å². The number of carbonyl (C=O) groups excluding carboxylic acids is 1. The molecule has 1 unspecified atom stereocenters. The molecule has 0 bridgehead atoms. The highest BCUT2D eigenvalue weighted by Gasteiger charge is 2.18. The number of rotatable bonds is 5. The predicted octanol–water partition coefficient (Wildman–Crippen LogP) is 4.23. The summed E-state index contributed by atoms with van der Waals surface area (Å²) in [6, 6.07) is 14.7. The van der Waals surface area contributed by atoms with E-state index in [0.717, 1.165) is 16.9 Å². The second-order valence-corrected chi connectivity index (χ2v) is 6.07. The fraction of sp³-hybridized carbons (Fsp3) is 0.158. The Bertz CT molecular complexity index is 874. The molecule has 25 heavy (non-hydrogen) atoms. The Balaban J connectivity index is 1.80. The first-order valence-electron chi connectivity index (χ1n) is 7.82. The van der Waals surface area contributed by atoms with E-state index in [9.17, 15) is 4.79 Å². The van der Waals surface area contributed by atoms with Crippen molar-refractivity contribution in [1.29, 1.82) is 0 Å². The second-order valence-electron chi connectivity index (χ2n) is 5.64. The van der Waals surface area contributed by atoms with Crippen molar-refractivity contribution in [1.82, 2.24) is 15.5 Å². The van der Waals surface area contributed by atoms with E-state index >= 15 is 0 Å². The number of halogens is 1. The molecule has 5 nitrogen and oxygen atoms in total. The van der Waals surface area contributed by atoms with Gasteiger partial charge in [0.05, 0.1) is 30.6 Å². The van der Waals surface area contributed by atoms with Crippen LogP contribution in [-0.2, 0) is 0 Å². The Hall–Kier alpha value is -2.79. The molecule has 2 aromatic carbocycles. The average Bonchev–Trinajstić information content (AvgIpc) is 3.12. The molecule has 0 fully saturated rings. The first-order valence-corrected chi connectivity index (χ1v) is 8.20. The number of hydrogen-bond donors (Lipinski definition) is 2. The zero-order chi connectivity index (χ0) is 17.8. The first kappa shape index (κ1) is 17.0. The fourth-order valence-corrected chi connectivity index (χ4v) is 2.69. The summed E-state index contributed by atoms with van der Waals surface area (Å²) in [6.45, 7) is 1.93. The van der Waals surface area contributed by atoms with Crippen molar-refractivity contribution in [3.63, 3.8) is 0 Å². The van der Waals surface area contributed by atoms with E-state index in [1.807, 2.05) is 43.3 Å². The van der Waals surface area contributed by atoms with E-state index in [1.165, 1.54) is 6.20 Å². The van der Waals surface area contributed by atoms with Gasteiger partial charge >= 0.3 is 0 Å². The maximum Gasteiger partial charge on any atom is 0.255 e. The van der Waals surface area contributed by atoms with E-state index in [2.05, 4.69) is 15.5 Å². The van der Waals surface area contributed by atoms with Crippen molar-refractivity contribution in [2.24, 2.45) is 0 Å². The Kier molecular flexibility index (Phi) is 5.05. The first-order chi connectivity index (χ1) is 12.1. The number of ether oxygens (including phenoxy) is 1. The molecule has 128 valence electrons. The Morgan fingerprint density at radius 3 is 2.72 bits per heavy atom. The maximum absolute atomic E-state index is 12.7. The lowest BCUT2D eigenvalue weighted by molar-refractivity contribution is 0.0940. The van der Waals surface area contributed by atoms with Crippen LogP contribution in [-0.4, -0.2) is 23.2 Å². The van der Waals surface area contributed by atoms with Gasteiger partial charge in [0, 0.05) is 10.6 Å². The standard InChI is InChI=1S/C19H18ClN3O2/c1-12(14-4-3-5-16(10-14)25-2)22-19(24)17-11-21-23-18(17)13-6-8-15(20)9-7-13/h3-12H,1-2H3,(H,21,23)(H,22,24). The van der Waals surface area contributed by atoms with Crippen LogP contribution in [0.25, 0.3) is 11.3 Å². The summed E-state index contributed by atoms with van der Waals surface area (Å²) in [6.07, 6.45) is 1.53. The summed E-state index contributed by atoms with van der Waals surface area (Å²) in [5, 5.41) is 10.5. The SMILES string of the molecule is COc1cccc(C(C)NC(=O)c2cn[nH]c2-c2ccc(Cl)cc2)c1. The van der Waals surface area contributed by atoms with Crippen molar-refractivity contribution in [2.45, 2.75) is 13.0 Å². The van der Waals surface area contributed by atoms with Gasteiger partial charge in [-0.3, -0.25) is 9.89 Å². The van der Waals surface area contributed by atoms with E-state index in [4.69, 9.17) is 16.3 Å². The number of aromatic nitrogens is 2. The van der Waals surface area contributed by atoms with E-state index in [0.29, 0.717) is 16.3 Å². The number of hydrogen-bond acceptors (Lipinski definition) is 3. The number of methoxy groups -OCH3 is 1. The van der Waals surface area contributed by atoms with Gasteiger partial charge in [0.2, 0.25) is 0 Å². The van der Waals surface area contributed by atoms with Crippen LogP contribution in [0.1, 0.15) is 28.9 Å². The van der Waals surface area contributed by atoms with Gasteiger partial charge in [-0.15, -0.1) is 0 Å². The molecule has 0 aliphatic rings. The normalized spacial score (nSPS) is 11.8. The molecule has 0 saturated carbocycles. The largest absolute Gasteiger partial charge is 0.497 e. The minimum Gasteiger partial charge on any atom is -0.497 e. The fourth-order valence-electron chi connectivity index (χ4n) is 2.56. The van der Waals surface area contributed by atoms with Crippen LogP contribution in [0.2, 0.25) is 5.02 Å². The Labute approximate surface area is 151 Å². The summed E-state index contributed by atoms with van der Waals surface area (Å²) in [5.74, 6) is 0.554. The number of nitrogens with one attached hydrogen (secondary N) is 2. The van der Waals surface area contributed by atoms with Gasteiger partial charge in [-0.05, 0) is 36.8 Å². The summed E-state index contributed by atoms with van der Waals surface area (Å²) < 4.78 is 5.23. The highest BCUT2D eigenvalue weighted by atomic mass is 35.5. The number of H-pyrrole nitrogens is 1. The minimum absolute atomic E-state index is 0.171. The second kappa shape index (κ2) is 7.40. The summed E-state index contributed by atoms with van der Waals surface area (Å²) >= 11 is 5.92. The third-order valence-corrected chi connectivity index (χ3v) is 4.21. The van der Waals surface area contributed by atoms with Crippen LogP contribution < -0.4 is 10.1 Å². The van der Waals surface area contributed by atoms with Crippen LogP contribution in [0.3, 0.4) is 0 Å². The summed E-state index contributed by atoms with van der Waals surface area (Å²) in [4.78, 5) is 12.7. The molecule has 0 spiro atoms. The third-order valence-electron chi connectivity index (χ3n) is 3.96. The molecule has 3 aromatic rings. The summed E-state index contributed by atoms with van der Waals surface area (Å²) in [5.41, 5.74) is 2.95. The summed E-state index contributed by atoms with van der Waals surface area (Å²) in [7, 11) is 1.62. The van der Waals surface area contributed by atoms with Crippen molar-refractivity contribution in [3.8, 4) is 17.0 Å². The molecule has 1 atom stereocenters. The van der Waals surface area contributed by atoms with Crippen LogP contribution in [0, 0.1) is 0 Å². The number of amides is 1. The Morgan fingerprint density at radius 1 is 1.24 bits per heavy atom. The molecule has 0 aliphatic carbocycles. The highest BCUT2D eigenvalue weighted by molar-refractivity contribution is 6.30. The van der Waals surface area contributed by atoms with E-state index in [-0.39, 0.29) is 11.9 Å². The van der Waals surface area contributed by atoms with Gasteiger partial charge < -0.3 is 10.1 Å². The Morgan fingerprint density at radius 2 is 2.00 bits per heavy atom. The third kappa shape index (κ3) is 3.83. The van der Waals surface area contributed by atoms with Gasteiger partial charge in [0.15, 0.2) is 0 Å². The topological polar surface area (TPSA) is 67.0 Å².